The maximum Gasteiger partial charge on any atom is 0.108 e. The zero-order valence-electron chi connectivity index (χ0n) is 9.61. The van der Waals surface area contributed by atoms with Crippen molar-refractivity contribution in [2.75, 3.05) is 0 Å². The summed E-state index contributed by atoms with van der Waals surface area (Å²) in [6.07, 6.45) is 0. The first-order valence-electron chi connectivity index (χ1n) is 5.36. The number of hydrogen-bond donors (Lipinski definition) is 0. The molecule has 88 valence electrons. The zero-order chi connectivity index (χ0) is 11.0. The van der Waals surface area contributed by atoms with E-state index in [0.717, 1.165) is 11.0 Å². The molecular formula is C13H20N2S. The molecule has 1 heterocycles. The van der Waals surface area contributed by atoms with Gasteiger partial charge in [0.15, 0.2) is 0 Å². The number of aromatic nitrogens is 2. The molecule has 0 bridgehead atoms. The molecular weight excluding hydrogens is 216 g/mol. The summed E-state index contributed by atoms with van der Waals surface area (Å²) in [4.78, 5) is 0. The third-order valence-electron chi connectivity index (χ3n) is 2.72. The molecule has 2 aromatic rings. The third kappa shape index (κ3) is 2.09. The minimum Gasteiger partial charge on any atom is -0.173 e. The number of benzene rings is 1. The number of rotatable bonds is 2. The Kier molecular flexibility index (Phi) is 4.03. The minimum absolute atomic E-state index is 0. The standard InChI is InChI=1S/C12H16N2S.CH4/c1-7(2)9-5-6-10(8(3)4)12-11(9)13-15-14-12;/h5-8H,1-4H3;1H4. The van der Waals surface area contributed by atoms with Gasteiger partial charge in [-0.3, -0.25) is 0 Å². The van der Waals surface area contributed by atoms with Crippen LogP contribution in [0.15, 0.2) is 12.1 Å². The molecule has 0 spiro atoms. The summed E-state index contributed by atoms with van der Waals surface area (Å²) in [5.74, 6) is 1.02. The maximum atomic E-state index is 4.41. The summed E-state index contributed by atoms with van der Waals surface area (Å²) in [6, 6.07) is 4.40. The molecule has 0 aliphatic carbocycles. The van der Waals surface area contributed by atoms with E-state index in [1.54, 1.807) is 0 Å². The number of nitrogens with zero attached hydrogens (tertiary/aromatic N) is 2. The lowest BCUT2D eigenvalue weighted by molar-refractivity contribution is 0.856. The Hall–Kier alpha value is -0.960. The molecule has 0 unspecified atom stereocenters. The molecule has 0 fully saturated rings. The van der Waals surface area contributed by atoms with Gasteiger partial charge in [0.1, 0.15) is 11.0 Å². The van der Waals surface area contributed by atoms with Crippen molar-refractivity contribution in [2.24, 2.45) is 0 Å². The topological polar surface area (TPSA) is 25.8 Å². The van der Waals surface area contributed by atoms with Crippen molar-refractivity contribution in [3.63, 3.8) is 0 Å². The molecule has 0 aliphatic heterocycles. The Morgan fingerprint density at radius 3 is 1.56 bits per heavy atom. The third-order valence-corrected chi connectivity index (χ3v) is 3.25. The Balaban J connectivity index is 0.00000128. The summed E-state index contributed by atoms with van der Waals surface area (Å²) >= 11 is 1.32. The van der Waals surface area contributed by atoms with E-state index in [2.05, 4.69) is 48.6 Å². The Labute approximate surface area is 102 Å². The van der Waals surface area contributed by atoms with Crippen molar-refractivity contribution in [3.8, 4) is 0 Å². The molecule has 0 saturated carbocycles. The zero-order valence-corrected chi connectivity index (χ0v) is 10.4. The lowest BCUT2D eigenvalue weighted by Gasteiger charge is -2.10. The van der Waals surface area contributed by atoms with E-state index in [9.17, 15) is 0 Å². The monoisotopic (exact) mass is 236 g/mol. The molecule has 0 aliphatic rings. The van der Waals surface area contributed by atoms with E-state index in [1.165, 1.54) is 22.9 Å². The largest absolute Gasteiger partial charge is 0.173 e. The quantitative estimate of drug-likeness (QED) is 0.763. The highest BCUT2D eigenvalue weighted by molar-refractivity contribution is 7.00. The Morgan fingerprint density at radius 1 is 0.875 bits per heavy atom. The lowest BCUT2D eigenvalue weighted by atomic mass is 9.95. The fourth-order valence-electron chi connectivity index (χ4n) is 1.84. The average molecular weight is 236 g/mol. The first-order chi connectivity index (χ1) is 7.11. The van der Waals surface area contributed by atoms with Crippen molar-refractivity contribution < 1.29 is 0 Å². The molecule has 0 radical (unpaired) electrons. The fourth-order valence-corrected chi connectivity index (χ4v) is 2.42. The van der Waals surface area contributed by atoms with Crippen LogP contribution < -0.4 is 0 Å². The molecule has 3 heteroatoms. The van der Waals surface area contributed by atoms with E-state index < -0.39 is 0 Å². The summed E-state index contributed by atoms with van der Waals surface area (Å²) in [7, 11) is 0. The van der Waals surface area contributed by atoms with Gasteiger partial charge in [-0.2, -0.15) is 8.75 Å². The van der Waals surface area contributed by atoms with Crippen LogP contribution in [0.2, 0.25) is 0 Å². The van der Waals surface area contributed by atoms with Crippen LogP contribution in [0.4, 0.5) is 0 Å². The molecule has 0 amide bonds. The van der Waals surface area contributed by atoms with E-state index in [0.29, 0.717) is 11.8 Å². The number of fused-ring (bicyclic) bond motifs is 1. The summed E-state index contributed by atoms with van der Waals surface area (Å²) < 4.78 is 8.83. The van der Waals surface area contributed by atoms with Gasteiger partial charge < -0.3 is 0 Å². The van der Waals surface area contributed by atoms with Crippen LogP contribution in [0.5, 0.6) is 0 Å². The molecule has 16 heavy (non-hydrogen) atoms. The van der Waals surface area contributed by atoms with Crippen LogP contribution in [-0.4, -0.2) is 8.75 Å². The van der Waals surface area contributed by atoms with E-state index in [-0.39, 0.29) is 7.43 Å². The van der Waals surface area contributed by atoms with Crippen LogP contribution in [0.3, 0.4) is 0 Å². The van der Waals surface area contributed by atoms with E-state index >= 15 is 0 Å². The van der Waals surface area contributed by atoms with Crippen LogP contribution in [0, 0.1) is 0 Å². The lowest BCUT2D eigenvalue weighted by Crippen LogP contribution is -1.94. The van der Waals surface area contributed by atoms with Crippen LogP contribution in [-0.2, 0) is 0 Å². The second-order valence-corrected chi connectivity index (χ2v) is 5.04. The van der Waals surface area contributed by atoms with Gasteiger partial charge >= 0.3 is 0 Å². The van der Waals surface area contributed by atoms with Crippen molar-refractivity contribution >= 4 is 22.8 Å². The summed E-state index contributed by atoms with van der Waals surface area (Å²) in [6.45, 7) is 8.79. The van der Waals surface area contributed by atoms with Crippen molar-refractivity contribution in [1.82, 2.24) is 8.75 Å². The SMILES string of the molecule is C.CC(C)c1ccc(C(C)C)c2nsnc12. The smallest absolute Gasteiger partial charge is 0.108 e. The van der Waals surface area contributed by atoms with Crippen molar-refractivity contribution in [1.29, 1.82) is 0 Å². The van der Waals surface area contributed by atoms with Gasteiger partial charge in [0.2, 0.25) is 0 Å². The second kappa shape index (κ2) is 4.91. The Bertz CT molecular complexity index is 430. The van der Waals surface area contributed by atoms with E-state index in [4.69, 9.17) is 0 Å². The van der Waals surface area contributed by atoms with Gasteiger partial charge in [-0.25, -0.2) is 0 Å². The predicted octanol–water partition coefficient (Wildman–Crippen LogP) is 4.57. The average Bonchev–Trinajstić information content (AvgIpc) is 2.63. The highest BCUT2D eigenvalue weighted by Crippen LogP contribution is 2.29. The molecule has 1 aromatic carbocycles. The normalized spacial score (nSPS) is 11.1. The molecule has 2 nitrogen and oxygen atoms in total. The molecule has 0 atom stereocenters. The first kappa shape index (κ1) is 13.1. The molecule has 0 N–H and O–H groups in total. The Morgan fingerprint density at radius 2 is 1.25 bits per heavy atom. The maximum absolute atomic E-state index is 4.41. The molecule has 2 rings (SSSR count). The highest BCUT2D eigenvalue weighted by atomic mass is 32.1. The van der Waals surface area contributed by atoms with Gasteiger partial charge in [-0.1, -0.05) is 47.3 Å². The summed E-state index contributed by atoms with van der Waals surface area (Å²) in [5.41, 5.74) is 4.81. The van der Waals surface area contributed by atoms with Gasteiger partial charge in [0, 0.05) is 0 Å². The van der Waals surface area contributed by atoms with Crippen LogP contribution in [0.1, 0.15) is 58.1 Å². The predicted molar refractivity (Wildman–Crippen MR) is 72.3 cm³/mol. The van der Waals surface area contributed by atoms with Crippen LogP contribution in [0.25, 0.3) is 11.0 Å². The van der Waals surface area contributed by atoms with Crippen molar-refractivity contribution in [2.45, 2.75) is 47.0 Å². The van der Waals surface area contributed by atoms with E-state index in [1.807, 2.05) is 0 Å². The van der Waals surface area contributed by atoms with Gasteiger partial charge in [0.05, 0.1) is 11.7 Å². The summed E-state index contributed by atoms with van der Waals surface area (Å²) in [5, 5.41) is 0. The molecule has 0 saturated heterocycles. The highest BCUT2D eigenvalue weighted by Gasteiger charge is 2.13. The van der Waals surface area contributed by atoms with Crippen molar-refractivity contribution in [3.05, 3.63) is 23.3 Å². The minimum atomic E-state index is 0. The van der Waals surface area contributed by atoms with Gasteiger partial charge in [0.25, 0.3) is 0 Å². The fraction of sp³-hybridized carbons (Fsp3) is 0.538. The number of hydrogen-bond acceptors (Lipinski definition) is 3. The first-order valence-corrected chi connectivity index (χ1v) is 6.09. The second-order valence-electron chi connectivity index (χ2n) is 4.51. The van der Waals surface area contributed by atoms with Gasteiger partial charge in [-0.15, -0.1) is 0 Å². The molecule has 1 aromatic heterocycles. The van der Waals surface area contributed by atoms with Gasteiger partial charge in [-0.05, 0) is 23.0 Å². The van der Waals surface area contributed by atoms with Crippen LogP contribution >= 0.6 is 11.7 Å².